The number of imidazole rings is 1. The number of alkyl halides is 1. The van der Waals surface area contributed by atoms with Crippen LogP contribution in [0.3, 0.4) is 0 Å². The molecule has 5 rings (SSSR count). The Labute approximate surface area is 212 Å². The fourth-order valence-electron chi connectivity index (χ4n) is 4.59. The van der Waals surface area contributed by atoms with Gasteiger partial charge in [0.25, 0.3) is 5.91 Å². The van der Waals surface area contributed by atoms with Crippen LogP contribution < -0.4 is 9.47 Å². The third-order valence-corrected chi connectivity index (χ3v) is 6.36. The minimum atomic E-state index is -0.750. The van der Waals surface area contributed by atoms with E-state index in [-0.39, 0.29) is 29.0 Å². The van der Waals surface area contributed by atoms with Gasteiger partial charge in [0.05, 0.1) is 24.0 Å². The van der Waals surface area contributed by atoms with Gasteiger partial charge in [0, 0.05) is 37.0 Å². The van der Waals surface area contributed by atoms with E-state index in [0.29, 0.717) is 30.0 Å². The second-order valence-electron chi connectivity index (χ2n) is 8.56. The Bertz CT molecular complexity index is 1520. The number of amides is 1. The lowest BCUT2D eigenvalue weighted by atomic mass is 10.1. The van der Waals surface area contributed by atoms with Crippen LogP contribution in [0.1, 0.15) is 30.8 Å². The summed E-state index contributed by atoms with van der Waals surface area (Å²) in [7, 11) is 1.39. The van der Waals surface area contributed by atoms with Crippen molar-refractivity contribution < 1.29 is 23.0 Å². The lowest BCUT2D eigenvalue weighted by Gasteiger charge is -2.12. The number of ether oxygens (including phenoxy) is 2. The molecule has 0 N–H and O–H groups in total. The molecule has 0 radical (unpaired) electrons. The van der Waals surface area contributed by atoms with Crippen molar-refractivity contribution >= 4 is 11.4 Å². The molecule has 0 saturated carbocycles. The van der Waals surface area contributed by atoms with E-state index in [1.807, 2.05) is 4.40 Å². The Morgan fingerprint density at radius 2 is 1.97 bits per heavy atom. The molecule has 2 aromatic carbocycles. The largest absolute Gasteiger partial charge is 0.494 e. The summed E-state index contributed by atoms with van der Waals surface area (Å²) in [6.07, 6.45) is 4.04. The predicted octanol–water partition coefficient (Wildman–Crippen LogP) is 5.15. The molecule has 9 heteroatoms. The first-order valence-electron chi connectivity index (χ1n) is 11.8. The predicted molar refractivity (Wildman–Crippen MR) is 134 cm³/mol. The van der Waals surface area contributed by atoms with Crippen molar-refractivity contribution in [3.05, 3.63) is 72.2 Å². The lowest BCUT2D eigenvalue weighted by molar-refractivity contribution is -0.124. The van der Waals surface area contributed by atoms with E-state index in [1.165, 1.54) is 19.2 Å². The molecular weight excluding hydrogens is 478 g/mol. The van der Waals surface area contributed by atoms with Gasteiger partial charge in [-0.05, 0) is 55.7 Å². The van der Waals surface area contributed by atoms with Gasteiger partial charge in [0.15, 0.2) is 11.5 Å². The molecule has 0 aliphatic carbocycles. The highest BCUT2D eigenvalue weighted by Gasteiger charge is 2.31. The van der Waals surface area contributed by atoms with Gasteiger partial charge in [-0.25, -0.2) is 9.37 Å². The van der Waals surface area contributed by atoms with Crippen molar-refractivity contribution in [2.45, 2.75) is 25.9 Å². The normalized spacial score (nSPS) is 14.9. The number of benzene rings is 2. The number of likely N-dealkylation sites (tertiary alicyclic amines) is 1. The minimum Gasteiger partial charge on any atom is -0.494 e. The summed E-state index contributed by atoms with van der Waals surface area (Å²) < 4.78 is 41.0. The van der Waals surface area contributed by atoms with Crippen LogP contribution >= 0.6 is 0 Å². The van der Waals surface area contributed by atoms with Crippen LogP contribution in [0.2, 0.25) is 0 Å². The Hall–Kier alpha value is -4.45. The summed E-state index contributed by atoms with van der Waals surface area (Å²) in [5.41, 5.74) is 2.16. The Morgan fingerprint density at radius 3 is 2.70 bits per heavy atom. The van der Waals surface area contributed by atoms with E-state index in [1.54, 1.807) is 54.5 Å². The number of fused-ring (bicyclic) bond motifs is 1. The fourth-order valence-corrected chi connectivity index (χ4v) is 4.59. The number of carbonyl (C=O) groups is 1. The molecule has 1 aliphatic rings. The molecule has 1 fully saturated rings. The zero-order valence-electron chi connectivity index (χ0n) is 20.4. The number of methoxy groups -OCH3 is 1. The van der Waals surface area contributed by atoms with Crippen molar-refractivity contribution in [2.75, 3.05) is 20.2 Å². The molecule has 2 aromatic heterocycles. The zero-order chi connectivity index (χ0) is 25.9. The monoisotopic (exact) mass is 502 g/mol. The quantitative estimate of drug-likeness (QED) is 0.342. The van der Waals surface area contributed by atoms with Crippen LogP contribution in [0.15, 0.2) is 54.9 Å². The van der Waals surface area contributed by atoms with Crippen LogP contribution in [0, 0.1) is 17.7 Å². The smallest absolute Gasteiger partial charge is 0.298 e. The molecule has 1 unspecified atom stereocenters. The standard InChI is InChI=1S/C28H24F2N4O3/c1-3-5-24(35)33-14-12-19(17-33)28-32-26(27-21(16-29)31-13-15-34(27)28)18-8-10-20(11-9-18)37-23-7-4-6-22(36-2)25(23)30/h4,6-11,13,15,19H,12,14,16-17H2,1-2H3. The molecule has 3 heterocycles. The number of carbonyl (C=O) groups excluding carboxylic acids is 1. The molecule has 188 valence electrons. The fraction of sp³-hybridized carbons (Fsp3) is 0.250. The zero-order valence-corrected chi connectivity index (χ0v) is 20.4. The first-order valence-corrected chi connectivity index (χ1v) is 11.8. The SMILES string of the molecule is CC#CC(=O)N1CCC(c2nc(-c3ccc(Oc4cccc(OC)c4F)cc3)c3c(CF)nccn23)C1. The summed E-state index contributed by atoms with van der Waals surface area (Å²) in [6.45, 7) is 1.95. The summed E-state index contributed by atoms with van der Waals surface area (Å²) >= 11 is 0. The molecule has 1 amide bonds. The number of aromatic nitrogens is 3. The highest BCUT2D eigenvalue weighted by molar-refractivity contribution is 5.93. The first kappa shape index (κ1) is 24.3. The third-order valence-electron chi connectivity index (χ3n) is 6.36. The highest BCUT2D eigenvalue weighted by atomic mass is 19.1. The van der Waals surface area contributed by atoms with Gasteiger partial charge in [0.1, 0.15) is 18.2 Å². The number of hydrogen-bond acceptors (Lipinski definition) is 5. The van der Waals surface area contributed by atoms with Crippen molar-refractivity contribution in [2.24, 2.45) is 0 Å². The molecule has 1 saturated heterocycles. The second-order valence-corrected chi connectivity index (χ2v) is 8.56. The van der Waals surface area contributed by atoms with E-state index in [4.69, 9.17) is 14.5 Å². The number of rotatable bonds is 6. The van der Waals surface area contributed by atoms with E-state index < -0.39 is 12.5 Å². The van der Waals surface area contributed by atoms with Crippen LogP contribution in [-0.4, -0.2) is 45.4 Å². The van der Waals surface area contributed by atoms with E-state index in [0.717, 1.165) is 17.8 Å². The van der Waals surface area contributed by atoms with Gasteiger partial charge in [-0.3, -0.25) is 14.2 Å². The molecule has 0 bridgehead atoms. The molecule has 7 nitrogen and oxygen atoms in total. The number of hydrogen-bond donors (Lipinski definition) is 0. The van der Waals surface area contributed by atoms with Gasteiger partial charge in [-0.2, -0.15) is 4.39 Å². The first-order chi connectivity index (χ1) is 18.0. The van der Waals surface area contributed by atoms with E-state index >= 15 is 0 Å². The van der Waals surface area contributed by atoms with E-state index in [9.17, 15) is 13.6 Å². The average molecular weight is 503 g/mol. The maximum Gasteiger partial charge on any atom is 0.298 e. The molecule has 1 atom stereocenters. The average Bonchev–Trinajstić information content (AvgIpc) is 3.56. The van der Waals surface area contributed by atoms with Crippen LogP contribution in [-0.2, 0) is 11.5 Å². The van der Waals surface area contributed by atoms with Gasteiger partial charge in [0.2, 0.25) is 5.82 Å². The van der Waals surface area contributed by atoms with Gasteiger partial charge in [-0.15, -0.1) is 0 Å². The number of halogens is 2. The summed E-state index contributed by atoms with van der Waals surface area (Å²) in [5.74, 6) is 5.69. The Balaban J connectivity index is 1.49. The van der Waals surface area contributed by atoms with Crippen molar-refractivity contribution in [3.8, 4) is 40.3 Å². The highest BCUT2D eigenvalue weighted by Crippen LogP contribution is 2.35. The van der Waals surface area contributed by atoms with Gasteiger partial charge < -0.3 is 14.4 Å². The summed E-state index contributed by atoms with van der Waals surface area (Å²) in [5, 5.41) is 0. The molecular formula is C28H24F2N4O3. The molecule has 0 spiro atoms. The molecule has 4 aromatic rings. The van der Waals surface area contributed by atoms with Crippen LogP contribution in [0.25, 0.3) is 16.8 Å². The second kappa shape index (κ2) is 10.3. The number of nitrogens with zero attached hydrogens (tertiary/aromatic N) is 4. The Morgan fingerprint density at radius 1 is 1.19 bits per heavy atom. The molecule has 37 heavy (non-hydrogen) atoms. The Kier molecular flexibility index (Phi) is 6.73. The van der Waals surface area contributed by atoms with Crippen molar-refractivity contribution in [3.63, 3.8) is 0 Å². The summed E-state index contributed by atoms with van der Waals surface area (Å²) in [6, 6.07) is 11.6. The van der Waals surface area contributed by atoms with Crippen LogP contribution in [0.5, 0.6) is 17.2 Å². The topological polar surface area (TPSA) is 69.0 Å². The third kappa shape index (κ3) is 4.58. The summed E-state index contributed by atoms with van der Waals surface area (Å²) in [4.78, 5) is 23.1. The van der Waals surface area contributed by atoms with E-state index in [2.05, 4.69) is 16.8 Å². The van der Waals surface area contributed by atoms with Crippen molar-refractivity contribution in [1.82, 2.24) is 19.3 Å². The van der Waals surface area contributed by atoms with Crippen LogP contribution in [0.4, 0.5) is 8.78 Å². The molecule has 1 aliphatic heterocycles. The van der Waals surface area contributed by atoms with Gasteiger partial charge >= 0.3 is 0 Å². The minimum absolute atomic E-state index is 0.0302. The maximum atomic E-state index is 14.5. The lowest BCUT2D eigenvalue weighted by Crippen LogP contribution is -2.27. The van der Waals surface area contributed by atoms with Gasteiger partial charge in [-0.1, -0.05) is 12.0 Å². The van der Waals surface area contributed by atoms with Crippen molar-refractivity contribution in [1.29, 1.82) is 0 Å². The maximum absolute atomic E-state index is 14.5.